The molecule has 0 aliphatic rings. The number of amides is 1. The van der Waals surface area contributed by atoms with Crippen molar-refractivity contribution < 1.29 is 13.9 Å². The number of hydrogen-bond donors (Lipinski definition) is 1. The Balaban J connectivity index is 1.73. The highest BCUT2D eigenvalue weighted by atomic mass is 127. The number of carbonyl (C=O) groups is 1. The summed E-state index contributed by atoms with van der Waals surface area (Å²) in [6.45, 7) is 1.73. The van der Waals surface area contributed by atoms with E-state index in [1.54, 1.807) is 24.6 Å². The van der Waals surface area contributed by atoms with Crippen LogP contribution < -0.4 is 10.1 Å². The number of pyridine rings is 1. The van der Waals surface area contributed by atoms with Gasteiger partial charge in [-0.25, -0.2) is 0 Å². The molecule has 1 aromatic carbocycles. The molecule has 2 aromatic heterocycles. The van der Waals surface area contributed by atoms with Crippen molar-refractivity contribution in [1.29, 1.82) is 0 Å². The maximum atomic E-state index is 12.1. The molecule has 0 fully saturated rings. The number of carbonyl (C=O) groups excluding carboxylic acids is 1. The molecule has 7 heteroatoms. The Morgan fingerprint density at radius 1 is 1.46 bits per heavy atom. The summed E-state index contributed by atoms with van der Waals surface area (Å²) in [6.07, 6.45) is 3.24. The van der Waals surface area contributed by atoms with Crippen molar-refractivity contribution in [2.75, 3.05) is 6.61 Å². The Morgan fingerprint density at radius 3 is 3.04 bits per heavy atom. The first kappa shape index (κ1) is 17.0. The predicted molar refractivity (Wildman–Crippen MR) is 100 cm³/mol. The Kier molecular flexibility index (Phi) is 5.25. The molecule has 24 heavy (non-hydrogen) atoms. The summed E-state index contributed by atoms with van der Waals surface area (Å²) >= 11 is 8.35. The quantitative estimate of drug-likeness (QED) is 0.580. The number of nitrogens with one attached hydrogen (secondary N) is 1. The van der Waals surface area contributed by atoms with Crippen molar-refractivity contribution in [3.05, 3.63) is 57.1 Å². The van der Waals surface area contributed by atoms with Gasteiger partial charge in [-0.3, -0.25) is 9.78 Å². The average molecular weight is 457 g/mol. The van der Waals surface area contributed by atoms with Gasteiger partial charge in [-0.1, -0.05) is 11.6 Å². The van der Waals surface area contributed by atoms with E-state index in [4.69, 9.17) is 20.8 Å². The Bertz CT molecular complexity index is 868. The molecular formula is C17H14ClIN2O3. The van der Waals surface area contributed by atoms with Gasteiger partial charge in [0.25, 0.3) is 5.91 Å². The van der Waals surface area contributed by atoms with Gasteiger partial charge in [0.05, 0.1) is 20.9 Å². The van der Waals surface area contributed by atoms with Crippen molar-refractivity contribution in [3.63, 3.8) is 0 Å². The number of hydrogen-bond acceptors (Lipinski definition) is 4. The minimum absolute atomic E-state index is 0.117. The zero-order valence-corrected chi connectivity index (χ0v) is 15.7. The monoisotopic (exact) mass is 456 g/mol. The topological polar surface area (TPSA) is 64.4 Å². The van der Waals surface area contributed by atoms with E-state index in [-0.39, 0.29) is 18.6 Å². The summed E-state index contributed by atoms with van der Waals surface area (Å²) in [6, 6.07) is 8.84. The summed E-state index contributed by atoms with van der Waals surface area (Å²) in [5.74, 6) is 1.00. The standard InChI is InChI=1S/C17H14ClIN2O3/c1-10(14-5-3-7-23-14)21-15(22)9-24-17-13(19)8-12(18)11-4-2-6-20-16(11)17/h2-8,10H,9H2,1H3,(H,21,22)/t10-/m0/s1. The Morgan fingerprint density at radius 2 is 2.29 bits per heavy atom. The number of ether oxygens (including phenoxy) is 1. The molecule has 124 valence electrons. The van der Waals surface area contributed by atoms with Gasteiger partial charge in [0.15, 0.2) is 12.4 Å². The van der Waals surface area contributed by atoms with Crippen molar-refractivity contribution in [2.24, 2.45) is 0 Å². The number of aromatic nitrogens is 1. The third-order valence-corrected chi connectivity index (χ3v) is 4.56. The summed E-state index contributed by atoms with van der Waals surface area (Å²) in [4.78, 5) is 16.4. The van der Waals surface area contributed by atoms with Crippen LogP contribution in [-0.4, -0.2) is 17.5 Å². The normalized spacial score (nSPS) is 12.1. The lowest BCUT2D eigenvalue weighted by atomic mass is 10.2. The minimum Gasteiger partial charge on any atom is -0.480 e. The lowest BCUT2D eigenvalue weighted by molar-refractivity contribution is -0.123. The lowest BCUT2D eigenvalue weighted by Crippen LogP contribution is -2.31. The Labute approximate surface area is 157 Å². The molecule has 0 aliphatic heterocycles. The first-order valence-corrected chi connectivity index (χ1v) is 8.70. The molecule has 0 bridgehead atoms. The number of furan rings is 1. The number of halogens is 2. The van der Waals surface area contributed by atoms with Crippen molar-refractivity contribution in [2.45, 2.75) is 13.0 Å². The van der Waals surface area contributed by atoms with E-state index in [0.29, 0.717) is 22.0 Å². The molecule has 3 aromatic rings. The SMILES string of the molecule is C[C@H](NC(=O)COc1c(I)cc(Cl)c2cccnc12)c1ccco1. The smallest absolute Gasteiger partial charge is 0.258 e. The van der Waals surface area contributed by atoms with E-state index in [1.807, 2.05) is 25.1 Å². The van der Waals surface area contributed by atoms with Gasteiger partial charge in [-0.05, 0) is 59.8 Å². The average Bonchev–Trinajstić information content (AvgIpc) is 3.09. The third kappa shape index (κ3) is 3.64. The molecule has 0 unspecified atom stereocenters. The molecule has 0 spiro atoms. The molecular weight excluding hydrogens is 443 g/mol. The first-order valence-electron chi connectivity index (χ1n) is 7.24. The van der Waals surface area contributed by atoms with E-state index < -0.39 is 0 Å². The fourth-order valence-corrected chi connectivity index (χ4v) is 3.48. The number of fused-ring (bicyclic) bond motifs is 1. The molecule has 0 saturated carbocycles. The fourth-order valence-electron chi connectivity index (χ4n) is 2.31. The maximum Gasteiger partial charge on any atom is 0.258 e. The molecule has 0 saturated heterocycles. The highest BCUT2D eigenvalue weighted by Gasteiger charge is 2.16. The van der Waals surface area contributed by atoms with Crippen LogP contribution in [0.2, 0.25) is 5.02 Å². The van der Waals surface area contributed by atoms with Gasteiger partial charge in [-0.15, -0.1) is 0 Å². The van der Waals surface area contributed by atoms with Gasteiger partial charge in [0.2, 0.25) is 0 Å². The largest absolute Gasteiger partial charge is 0.480 e. The summed E-state index contributed by atoms with van der Waals surface area (Å²) in [5, 5.41) is 4.22. The number of benzene rings is 1. The summed E-state index contributed by atoms with van der Waals surface area (Å²) in [7, 11) is 0. The van der Waals surface area contributed by atoms with Crippen LogP contribution in [0.4, 0.5) is 0 Å². The molecule has 0 aliphatic carbocycles. The maximum absolute atomic E-state index is 12.1. The molecule has 2 heterocycles. The van der Waals surface area contributed by atoms with Gasteiger partial charge >= 0.3 is 0 Å². The van der Waals surface area contributed by atoms with Crippen LogP contribution in [-0.2, 0) is 4.79 Å². The van der Waals surface area contributed by atoms with E-state index >= 15 is 0 Å². The van der Waals surface area contributed by atoms with Gasteiger partial charge < -0.3 is 14.5 Å². The van der Waals surface area contributed by atoms with Crippen LogP contribution in [0, 0.1) is 3.57 Å². The second kappa shape index (κ2) is 7.40. The van der Waals surface area contributed by atoms with Crippen LogP contribution in [0.15, 0.2) is 47.2 Å². The predicted octanol–water partition coefficient (Wildman–Crippen LogP) is 4.34. The zero-order chi connectivity index (χ0) is 17.1. The number of nitrogens with zero attached hydrogens (tertiary/aromatic N) is 1. The molecule has 1 atom stereocenters. The summed E-state index contributed by atoms with van der Waals surface area (Å²) in [5.41, 5.74) is 0.640. The third-order valence-electron chi connectivity index (χ3n) is 3.45. The van der Waals surface area contributed by atoms with Crippen molar-refractivity contribution >= 4 is 51.0 Å². The van der Waals surface area contributed by atoms with Crippen LogP contribution >= 0.6 is 34.2 Å². The second-order valence-corrected chi connectivity index (χ2v) is 6.73. The molecule has 0 radical (unpaired) electrons. The van der Waals surface area contributed by atoms with Gasteiger partial charge in [0.1, 0.15) is 11.3 Å². The second-order valence-electron chi connectivity index (χ2n) is 5.16. The molecule has 1 amide bonds. The molecule has 1 N–H and O–H groups in total. The first-order chi connectivity index (χ1) is 11.6. The van der Waals surface area contributed by atoms with Crippen LogP contribution in [0.1, 0.15) is 18.7 Å². The van der Waals surface area contributed by atoms with Crippen LogP contribution in [0.25, 0.3) is 10.9 Å². The fraction of sp³-hybridized carbons (Fsp3) is 0.176. The Hall–Kier alpha value is -1.80. The van der Waals surface area contributed by atoms with E-state index in [0.717, 1.165) is 8.96 Å². The van der Waals surface area contributed by atoms with Crippen molar-refractivity contribution in [3.8, 4) is 5.75 Å². The molecule has 5 nitrogen and oxygen atoms in total. The van der Waals surface area contributed by atoms with Gasteiger partial charge in [0, 0.05) is 11.6 Å². The highest BCUT2D eigenvalue weighted by molar-refractivity contribution is 14.1. The van der Waals surface area contributed by atoms with E-state index in [9.17, 15) is 4.79 Å². The highest BCUT2D eigenvalue weighted by Crippen LogP contribution is 2.34. The van der Waals surface area contributed by atoms with Crippen molar-refractivity contribution in [1.82, 2.24) is 10.3 Å². The number of rotatable bonds is 5. The zero-order valence-electron chi connectivity index (χ0n) is 12.8. The van der Waals surface area contributed by atoms with E-state index in [2.05, 4.69) is 32.9 Å². The minimum atomic E-state index is -0.242. The molecule has 3 rings (SSSR count). The van der Waals surface area contributed by atoms with Gasteiger partial charge in [-0.2, -0.15) is 0 Å². The van der Waals surface area contributed by atoms with Crippen LogP contribution in [0.3, 0.4) is 0 Å². The summed E-state index contributed by atoms with van der Waals surface area (Å²) < 4.78 is 11.8. The lowest BCUT2D eigenvalue weighted by Gasteiger charge is -2.14. The van der Waals surface area contributed by atoms with Crippen LogP contribution in [0.5, 0.6) is 5.75 Å². The van der Waals surface area contributed by atoms with E-state index in [1.165, 1.54) is 0 Å².